The maximum absolute atomic E-state index is 12.5. The third kappa shape index (κ3) is 5.61. The first-order valence-corrected chi connectivity index (χ1v) is 7.46. The van der Waals surface area contributed by atoms with E-state index < -0.39 is 54.8 Å². The van der Waals surface area contributed by atoms with Crippen molar-refractivity contribution >= 4 is 23.8 Å². The molecule has 0 radical (unpaired) electrons. The summed E-state index contributed by atoms with van der Waals surface area (Å²) >= 11 is 0. The highest BCUT2D eigenvalue weighted by molar-refractivity contribution is 6.01. The van der Waals surface area contributed by atoms with Crippen LogP contribution in [0.1, 0.15) is 39.0 Å². The van der Waals surface area contributed by atoms with Crippen molar-refractivity contribution in [1.82, 2.24) is 10.2 Å². The number of aliphatic carboxylic acids is 2. The molecule has 1 fully saturated rings. The summed E-state index contributed by atoms with van der Waals surface area (Å²) in [6.07, 6.45) is -1.11. The molecule has 1 rings (SSSR count). The highest BCUT2D eigenvalue weighted by Gasteiger charge is 2.39. The van der Waals surface area contributed by atoms with Crippen molar-refractivity contribution in [2.45, 2.75) is 57.2 Å². The molecule has 1 aliphatic heterocycles. The molecular formula is C14H22N2O7. The van der Waals surface area contributed by atoms with Crippen LogP contribution in [0.25, 0.3) is 0 Å². The fraction of sp³-hybridized carbons (Fsp3) is 0.714. The first-order chi connectivity index (χ1) is 10.7. The lowest BCUT2D eigenvalue weighted by Crippen LogP contribution is -2.54. The monoisotopic (exact) mass is 330 g/mol. The number of amides is 2. The van der Waals surface area contributed by atoms with Crippen LogP contribution >= 0.6 is 0 Å². The number of rotatable bonds is 8. The highest BCUT2D eigenvalue weighted by Crippen LogP contribution is 2.17. The van der Waals surface area contributed by atoms with Crippen LogP contribution < -0.4 is 5.32 Å². The summed E-state index contributed by atoms with van der Waals surface area (Å²) in [5.41, 5.74) is 0. The molecule has 0 spiro atoms. The number of aliphatic hydroxyl groups excluding tert-OH is 1. The van der Waals surface area contributed by atoms with Crippen LogP contribution in [-0.2, 0) is 19.2 Å². The van der Waals surface area contributed by atoms with Gasteiger partial charge in [-0.15, -0.1) is 0 Å². The molecule has 1 aliphatic rings. The number of imide groups is 1. The zero-order chi connectivity index (χ0) is 17.6. The zero-order valence-corrected chi connectivity index (χ0v) is 12.9. The van der Waals surface area contributed by atoms with Crippen molar-refractivity contribution in [2.24, 2.45) is 0 Å². The fourth-order valence-corrected chi connectivity index (χ4v) is 2.49. The first kappa shape index (κ1) is 19.0. The van der Waals surface area contributed by atoms with Gasteiger partial charge in [0, 0.05) is 6.42 Å². The third-order valence-corrected chi connectivity index (χ3v) is 3.56. The molecule has 0 aromatic heterocycles. The van der Waals surface area contributed by atoms with Crippen LogP contribution in [0.3, 0.4) is 0 Å². The summed E-state index contributed by atoms with van der Waals surface area (Å²) < 4.78 is 0. The van der Waals surface area contributed by atoms with Crippen LogP contribution in [0, 0.1) is 0 Å². The molecule has 0 aliphatic carbocycles. The molecule has 23 heavy (non-hydrogen) atoms. The first-order valence-electron chi connectivity index (χ1n) is 7.46. The maximum Gasteiger partial charge on any atom is 0.326 e. The van der Waals surface area contributed by atoms with E-state index in [0.717, 1.165) is 6.42 Å². The lowest BCUT2D eigenvalue weighted by atomic mass is 10.1. The average Bonchev–Trinajstić information content (AvgIpc) is 2.95. The Morgan fingerprint density at radius 2 is 1.91 bits per heavy atom. The van der Waals surface area contributed by atoms with Gasteiger partial charge < -0.3 is 20.6 Å². The van der Waals surface area contributed by atoms with E-state index in [-0.39, 0.29) is 6.42 Å². The van der Waals surface area contributed by atoms with Crippen LogP contribution in [0.4, 0.5) is 0 Å². The quantitative estimate of drug-likeness (QED) is 0.452. The largest absolute Gasteiger partial charge is 0.481 e. The minimum absolute atomic E-state index is 0.380. The van der Waals surface area contributed by atoms with Gasteiger partial charge in [-0.25, -0.2) is 4.79 Å². The molecule has 2 amide bonds. The number of nitrogens with zero attached hydrogens (tertiary/aromatic N) is 1. The minimum atomic E-state index is -1.56. The molecule has 9 heteroatoms. The Labute approximate surface area is 133 Å². The molecule has 1 saturated heterocycles. The van der Waals surface area contributed by atoms with E-state index in [1.165, 1.54) is 6.92 Å². The van der Waals surface area contributed by atoms with Crippen molar-refractivity contribution < 1.29 is 34.5 Å². The van der Waals surface area contributed by atoms with Crippen molar-refractivity contribution in [3.63, 3.8) is 0 Å². The van der Waals surface area contributed by atoms with Crippen molar-refractivity contribution in [3.05, 3.63) is 0 Å². The van der Waals surface area contributed by atoms with Crippen molar-refractivity contribution in [3.8, 4) is 0 Å². The standard InChI is InChI=1S/C14H22N2O7/c1-8(17)7-11(18)16(13(21)9-3-2-6-15-9)10(14(22)23)4-5-12(19)20/h8-10,15,17H,2-7H2,1H3,(H,19,20)(H,22,23). The van der Waals surface area contributed by atoms with Gasteiger partial charge in [0.1, 0.15) is 6.04 Å². The predicted octanol–water partition coefficient (Wildman–Crippen LogP) is -0.817. The van der Waals surface area contributed by atoms with Crippen LogP contribution in [-0.4, -0.2) is 68.7 Å². The van der Waals surface area contributed by atoms with Gasteiger partial charge >= 0.3 is 11.9 Å². The van der Waals surface area contributed by atoms with E-state index in [2.05, 4.69) is 5.32 Å². The molecule has 3 atom stereocenters. The maximum atomic E-state index is 12.5. The summed E-state index contributed by atoms with van der Waals surface area (Å²) in [6.45, 7) is 1.93. The van der Waals surface area contributed by atoms with E-state index in [1.807, 2.05) is 0 Å². The van der Waals surface area contributed by atoms with Gasteiger partial charge in [0.05, 0.1) is 18.6 Å². The molecule has 0 aromatic rings. The van der Waals surface area contributed by atoms with Crippen molar-refractivity contribution in [2.75, 3.05) is 6.54 Å². The Morgan fingerprint density at radius 3 is 2.35 bits per heavy atom. The number of carboxylic acid groups (broad SMARTS) is 2. The second-order valence-corrected chi connectivity index (χ2v) is 5.59. The Bertz CT molecular complexity index is 472. The number of nitrogens with one attached hydrogen (secondary N) is 1. The summed E-state index contributed by atoms with van der Waals surface area (Å²) in [5.74, 6) is -4.18. The average molecular weight is 330 g/mol. The lowest BCUT2D eigenvalue weighted by Gasteiger charge is -2.29. The third-order valence-electron chi connectivity index (χ3n) is 3.56. The van der Waals surface area contributed by atoms with Gasteiger partial charge in [-0.3, -0.25) is 19.3 Å². The summed E-state index contributed by atoms with van der Waals surface area (Å²) in [6, 6.07) is -2.23. The van der Waals surface area contributed by atoms with Gasteiger partial charge in [0.15, 0.2) is 0 Å². The summed E-state index contributed by atoms with van der Waals surface area (Å²) in [7, 11) is 0. The number of hydrogen-bond acceptors (Lipinski definition) is 6. The van der Waals surface area contributed by atoms with Crippen molar-refractivity contribution in [1.29, 1.82) is 0 Å². The summed E-state index contributed by atoms with van der Waals surface area (Å²) in [5, 5.41) is 30.3. The molecule has 4 N–H and O–H groups in total. The molecule has 130 valence electrons. The number of carbonyl (C=O) groups excluding carboxylic acids is 2. The molecule has 0 bridgehead atoms. The highest BCUT2D eigenvalue weighted by atomic mass is 16.4. The Kier molecular flexibility index (Phi) is 7.11. The number of aliphatic hydroxyl groups is 1. The van der Waals surface area contributed by atoms with Gasteiger partial charge in [0.2, 0.25) is 11.8 Å². The second-order valence-electron chi connectivity index (χ2n) is 5.59. The van der Waals surface area contributed by atoms with Gasteiger partial charge in [-0.1, -0.05) is 0 Å². The molecular weight excluding hydrogens is 308 g/mol. The summed E-state index contributed by atoms with van der Waals surface area (Å²) in [4.78, 5) is 47.5. The van der Waals surface area contributed by atoms with E-state index in [1.54, 1.807) is 0 Å². The fourth-order valence-electron chi connectivity index (χ4n) is 2.49. The molecule has 0 aromatic carbocycles. The van der Waals surface area contributed by atoms with Gasteiger partial charge in [0.25, 0.3) is 0 Å². The van der Waals surface area contributed by atoms with E-state index in [9.17, 15) is 29.4 Å². The van der Waals surface area contributed by atoms with Crippen LogP contribution in [0.2, 0.25) is 0 Å². The van der Waals surface area contributed by atoms with Gasteiger partial charge in [-0.05, 0) is 32.7 Å². The number of hydrogen-bond donors (Lipinski definition) is 4. The molecule has 0 saturated carbocycles. The Balaban J connectivity index is 3.02. The Morgan fingerprint density at radius 1 is 1.26 bits per heavy atom. The van der Waals surface area contributed by atoms with Crippen LogP contribution in [0.15, 0.2) is 0 Å². The zero-order valence-electron chi connectivity index (χ0n) is 12.9. The van der Waals surface area contributed by atoms with Crippen LogP contribution in [0.5, 0.6) is 0 Å². The minimum Gasteiger partial charge on any atom is -0.481 e. The SMILES string of the molecule is CC(O)CC(=O)N(C(=O)C1CCCN1)C(CCC(=O)O)C(=O)O. The van der Waals surface area contributed by atoms with E-state index >= 15 is 0 Å². The lowest BCUT2D eigenvalue weighted by molar-refractivity contribution is -0.160. The van der Waals surface area contributed by atoms with E-state index in [0.29, 0.717) is 17.9 Å². The van der Waals surface area contributed by atoms with Gasteiger partial charge in [-0.2, -0.15) is 0 Å². The smallest absolute Gasteiger partial charge is 0.326 e. The van der Waals surface area contributed by atoms with E-state index in [4.69, 9.17) is 5.11 Å². The molecule has 1 heterocycles. The topological polar surface area (TPSA) is 144 Å². The normalized spacial score (nSPS) is 19.8. The molecule has 3 unspecified atom stereocenters. The number of carbonyl (C=O) groups is 4. The molecule has 9 nitrogen and oxygen atoms in total. The Hall–Kier alpha value is -2.00. The predicted molar refractivity (Wildman–Crippen MR) is 77.5 cm³/mol. The second kappa shape index (κ2) is 8.59. The number of carboxylic acids is 2.